The fraction of sp³-hybridized carbons (Fsp3) is 0.538. The number of ketones is 2. The van der Waals surface area contributed by atoms with Gasteiger partial charge in [0.25, 0.3) is 10.4 Å². The number of hydrogen-bond acceptors (Lipinski definition) is 16. The summed E-state index contributed by atoms with van der Waals surface area (Å²) >= 11 is 2.67. The van der Waals surface area contributed by atoms with Crippen molar-refractivity contribution in [2.75, 3.05) is 13.1 Å². The number of aromatic nitrogens is 2. The van der Waals surface area contributed by atoms with E-state index in [1.807, 2.05) is 74.5 Å². The van der Waals surface area contributed by atoms with Crippen molar-refractivity contribution in [3.05, 3.63) is 142 Å². The Hall–Kier alpha value is -7.74. The van der Waals surface area contributed by atoms with Gasteiger partial charge >= 0.3 is 18.3 Å². The van der Waals surface area contributed by atoms with Crippen molar-refractivity contribution < 1.29 is 95.3 Å². The fourth-order valence-electron chi connectivity index (χ4n) is 15.3. The van der Waals surface area contributed by atoms with E-state index in [0.29, 0.717) is 86.7 Å². The van der Waals surface area contributed by atoms with Crippen LogP contribution in [0, 0.1) is 60.0 Å². The zero-order valence-electron chi connectivity index (χ0n) is 60.7. The zero-order valence-corrected chi connectivity index (χ0v) is 64.0. The number of nitrogens with two attached hydrogens (primary N) is 1. The summed E-state index contributed by atoms with van der Waals surface area (Å²) in [5, 5.41) is 15.7. The summed E-state index contributed by atoms with van der Waals surface area (Å²) in [5.41, 5.74) is -1.20. The minimum absolute atomic E-state index is 0.0168. The SMILES string of the molecule is CC1(S(N)(=O)=O)CC1.Cc1ccc2nc(O[C@@H]3C[C@H]4C(=O)C[C@]5(C(=O)NS(=O)(=O)C6(C)CC6)C[C@H]5/C=C\CCCCC[C@H](Cc5cc(F)cc(C(F)(F)F)c5)C(=O)N4C3)sc2c1.Cc1ccc2nc(O[C@@H]3C[C@H]4C(=O)C[C@]5(C(=O)O)C[C@H]5/C=C\CCCCC[C@H](Cc5cc(F)cc(C(F)(F)F)c5)C(=O)N4C3)sc2c1. The largest absolute Gasteiger partial charge is 0.481 e. The molecule has 0 bridgehead atoms. The molecule has 19 nitrogen and oxygen atoms in total. The van der Waals surface area contributed by atoms with Crippen molar-refractivity contribution in [3.63, 3.8) is 0 Å². The Labute approximate surface area is 634 Å². The second-order valence-electron chi connectivity index (χ2n) is 31.4. The molecule has 14 rings (SSSR count). The molecular weight excluding hydrogens is 1510 g/mol. The van der Waals surface area contributed by atoms with Gasteiger partial charge in [0.1, 0.15) is 23.8 Å². The molecule has 4 N–H and O–H groups in total. The lowest BCUT2D eigenvalue weighted by Gasteiger charge is -2.29. The van der Waals surface area contributed by atoms with Crippen LogP contribution in [0.25, 0.3) is 20.4 Å². The topological polar surface area (TPSA) is 280 Å². The molecule has 2 saturated heterocycles. The van der Waals surface area contributed by atoms with Crippen LogP contribution in [0.3, 0.4) is 0 Å². The van der Waals surface area contributed by atoms with Gasteiger partial charge in [-0.25, -0.2) is 40.7 Å². The van der Waals surface area contributed by atoms with Crippen LogP contribution in [-0.2, 0) is 74.0 Å². The molecular formula is C78H88F8N6O13S4. The van der Waals surface area contributed by atoms with E-state index in [-0.39, 0.29) is 86.8 Å². The van der Waals surface area contributed by atoms with Crippen molar-refractivity contribution in [2.45, 2.75) is 215 Å². The number of aliphatic carboxylic acids is 1. The smallest absolute Gasteiger partial charge is 0.416 e. The Morgan fingerprint density at radius 3 is 1.43 bits per heavy atom. The van der Waals surface area contributed by atoms with Crippen LogP contribution in [0.4, 0.5) is 35.1 Å². The summed E-state index contributed by atoms with van der Waals surface area (Å²) in [6.45, 7) is 7.17. The van der Waals surface area contributed by atoms with Gasteiger partial charge in [0.15, 0.2) is 11.6 Å². The number of carbonyl (C=O) groups excluding carboxylic acids is 5. The van der Waals surface area contributed by atoms with Gasteiger partial charge in [-0.2, -0.15) is 26.3 Å². The molecule has 4 saturated carbocycles. The first-order valence-electron chi connectivity index (χ1n) is 36.9. The number of allylic oxidation sites excluding steroid dienone is 4. The highest BCUT2D eigenvalue weighted by Crippen LogP contribution is 2.59. The van der Waals surface area contributed by atoms with Crippen molar-refractivity contribution in [1.29, 1.82) is 0 Å². The monoisotopic (exact) mass is 1600 g/mol. The van der Waals surface area contributed by atoms with Gasteiger partial charge in [-0.1, -0.05) is 84.8 Å². The predicted molar refractivity (Wildman–Crippen MR) is 393 cm³/mol. The lowest BCUT2D eigenvalue weighted by molar-refractivity contribution is -0.147. The van der Waals surface area contributed by atoms with E-state index in [1.165, 1.54) is 32.5 Å². The highest BCUT2D eigenvalue weighted by atomic mass is 32.2. The number of thiazole rings is 2. The molecule has 0 unspecified atom stereocenters. The van der Waals surface area contributed by atoms with Crippen LogP contribution in [0.2, 0.25) is 0 Å². The van der Waals surface area contributed by atoms with Crippen molar-refractivity contribution in [3.8, 4) is 10.4 Å². The summed E-state index contributed by atoms with van der Waals surface area (Å²) in [5.74, 6) is -7.97. The first-order chi connectivity index (χ1) is 51.2. The summed E-state index contributed by atoms with van der Waals surface area (Å²) in [6.07, 6.45) is 5.13. The van der Waals surface area contributed by atoms with Crippen molar-refractivity contribution in [2.24, 2.45) is 39.6 Å². The standard InChI is InChI=1S/C39H43F4N3O6S2.C35H36F4N2O5S.C4H9NO2S/c1-23-10-11-30-33(14-23)53-36(44-30)52-29-19-31-32(47)21-38(35(49)45-54(50,51)37(2)12-13-37)20-26(38)9-7-5-3-4-6-8-25(34(48)46(31)22-29)15-24-16-27(39(41,42)43)18-28(40)17-24;1-20-9-10-27-30(11-20)47-33(40-27)46-26-16-28-29(42)18-34(32(44)45)17-23(34)8-6-4-2-3-5-7-22(31(43)41(28)19-26)12-21-13-24(35(37,38)39)15-25(36)14-21;1-4(2-3-4)8(5,6)7/h7,9-11,14,16-18,25-26,29,31H,3-6,8,12-13,15,19-22H2,1-2H3,(H,45,49);6,8-11,13-15,22-23,26,28H,2-5,7,12,16-19H2,1H3,(H,44,45);2-3H2,1H3,(H2,5,6,7)/b9-7-;8-6-;/t25-,26-,29-,31+,38-;22-,23-,26-,28+,34-;/m11./s1. The number of Topliss-reactive ketones (excluding diaryl/α,β-unsaturated/α-hetero) is 2. The van der Waals surface area contributed by atoms with E-state index < -0.39 is 141 Å². The number of fused-ring (bicyclic) bond motifs is 6. The van der Waals surface area contributed by atoms with Crippen LogP contribution < -0.4 is 19.3 Å². The van der Waals surface area contributed by atoms with Crippen LogP contribution in [0.1, 0.15) is 176 Å². The number of halogens is 8. The second kappa shape index (κ2) is 31.4. The highest BCUT2D eigenvalue weighted by Gasteiger charge is 2.64. The molecule has 588 valence electrons. The quantitative estimate of drug-likeness (QED) is 0.0716. The van der Waals surface area contributed by atoms with E-state index in [9.17, 15) is 85.8 Å². The number of carbonyl (C=O) groups is 6. The Morgan fingerprint density at radius 1 is 0.606 bits per heavy atom. The number of amides is 3. The number of nitrogens with one attached hydrogen (secondary N) is 1. The molecule has 8 aliphatic rings. The fourth-order valence-corrected chi connectivity index (χ4v) is 19.3. The number of carboxylic acid groups (broad SMARTS) is 1. The molecule has 6 aromatic rings. The third-order valence-electron chi connectivity index (χ3n) is 22.8. The third kappa shape index (κ3) is 18.7. The molecule has 3 amide bonds. The highest BCUT2D eigenvalue weighted by molar-refractivity contribution is 7.91. The number of hydrogen-bond donors (Lipinski definition) is 3. The number of aryl methyl sites for hydroxylation is 2. The van der Waals surface area contributed by atoms with Gasteiger partial charge in [0.2, 0.25) is 37.8 Å². The van der Waals surface area contributed by atoms with E-state index in [4.69, 9.17) is 14.6 Å². The first kappa shape index (κ1) is 80.8. The van der Waals surface area contributed by atoms with Gasteiger partial charge in [0, 0.05) is 37.5 Å². The molecule has 0 radical (unpaired) electrons. The Bertz CT molecular complexity index is 4810. The minimum Gasteiger partial charge on any atom is -0.481 e. The molecule has 2 aromatic heterocycles. The number of carboxylic acids is 1. The van der Waals surface area contributed by atoms with E-state index in [1.54, 1.807) is 13.8 Å². The number of ether oxygens (including phenoxy) is 2. The summed E-state index contributed by atoms with van der Waals surface area (Å²) in [6, 6.07) is 14.1. The van der Waals surface area contributed by atoms with Gasteiger partial charge in [0.05, 0.1) is 77.1 Å². The van der Waals surface area contributed by atoms with Gasteiger partial charge in [-0.05, 0) is 212 Å². The van der Waals surface area contributed by atoms with Gasteiger partial charge in [-0.3, -0.25) is 33.5 Å². The molecule has 109 heavy (non-hydrogen) atoms. The average Bonchev–Trinajstić information content (AvgIpc) is 1.57. The minimum atomic E-state index is -4.79. The van der Waals surface area contributed by atoms with Crippen LogP contribution in [0.15, 0.2) is 97.1 Å². The van der Waals surface area contributed by atoms with Crippen LogP contribution >= 0.6 is 22.7 Å². The molecule has 0 spiro atoms. The molecule has 4 aliphatic carbocycles. The van der Waals surface area contributed by atoms with Crippen molar-refractivity contribution in [1.82, 2.24) is 24.5 Å². The van der Waals surface area contributed by atoms with Gasteiger partial charge in [-0.15, -0.1) is 0 Å². The zero-order chi connectivity index (χ0) is 78.6. The summed E-state index contributed by atoms with van der Waals surface area (Å²) in [4.78, 5) is 95.5. The van der Waals surface area contributed by atoms with Gasteiger partial charge < -0.3 is 24.4 Å². The lowest BCUT2D eigenvalue weighted by atomic mass is 9.89. The lowest BCUT2D eigenvalue weighted by Crippen LogP contribution is -2.47. The van der Waals surface area contributed by atoms with E-state index >= 15 is 0 Å². The number of nitrogens with zero attached hydrogens (tertiary/aromatic N) is 4. The normalized spacial score (nSPS) is 27.8. The molecule has 10 atom stereocenters. The van der Waals surface area contributed by atoms with Crippen molar-refractivity contribution >= 4 is 98.4 Å². The van der Waals surface area contributed by atoms with Crippen LogP contribution in [-0.4, -0.2) is 124 Å². The van der Waals surface area contributed by atoms with Crippen LogP contribution in [0.5, 0.6) is 10.4 Å². The number of benzene rings is 4. The molecule has 31 heteroatoms. The number of alkyl halides is 6. The Balaban J connectivity index is 0.000000185. The second-order valence-corrected chi connectivity index (χ2v) is 37.7. The maximum Gasteiger partial charge on any atom is 0.416 e. The number of primary sulfonamides is 1. The Morgan fingerprint density at radius 2 is 1.03 bits per heavy atom. The maximum atomic E-state index is 14.6. The maximum absolute atomic E-state index is 14.6. The Kier molecular flexibility index (Phi) is 23.3. The number of rotatable bonds is 13. The first-order valence-corrected chi connectivity index (χ1v) is 41.5. The summed E-state index contributed by atoms with van der Waals surface area (Å²) < 4.78 is 173. The average molecular weight is 1600 g/mol. The third-order valence-corrected chi connectivity index (χ3v) is 28.6. The molecule has 6 heterocycles. The molecule has 4 aromatic carbocycles. The predicted octanol–water partition coefficient (Wildman–Crippen LogP) is 14.8. The molecule has 6 fully saturated rings. The van der Waals surface area contributed by atoms with E-state index in [2.05, 4.69) is 14.7 Å². The van der Waals surface area contributed by atoms with E-state index in [0.717, 1.165) is 87.9 Å². The molecule has 4 aliphatic heterocycles. The summed E-state index contributed by atoms with van der Waals surface area (Å²) in [7, 11) is -7.22. The number of sulfonamides is 2.